The summed E-state index contributed by atoms with van der Waals surface area (Å²) in [4.78, 5) is 15.8. The standard InChI is InChI=1S/C14H14N2O2/c1-16-7-6-15-13(14(16)17)18-12-8-10-4-2-3-5-11(10)9-12/h2-7,12H,8-9H2,1H3. The molecule has 0 saturated carbocycles. The Labute approximate surface area is 105 Å². The van der Waals surface area contributed by atoms with Gasteiger partial charge in [0.1, 0.15) is 6.10 Å². The van der Waals surface area contributed by atoms with Gasteiger partial charge < -0.3 is 9.30 Å². The highest BCUT2D eigenvalue weighted by Crippen LogP contribution is 2.23. The van der Waals surface area contributed by atoms with Crippen LogP contribution in [0.1, 0.15) is 11.1 Å². The zero-order valence-electron chi connectivity index (χ0n) is 10.2. The van der Waals surface area contributed by atoms with Crippen LogP contribution >= 0.6 is 0 Å². The lowest BCUT2D eigenvalue weighted by atomic mass is 10.1. The summed E-state index contributed by atoms with van der Waals surface area (Å²) in [6.45, 7) is 0. The van der Waals surface area contributed by atoms with Crippen molar-refractivity contribution in [2.75, 3.05) is 0 Å². The van der Waals surface area contributed by atoms with E-state index in [9.17, 15) is 4.79 Å². The zero-order valence-corrected chi connectivity index (χ0v) is 10.2. The molecule has 0 fully saturated rings. The Bertz CT molecular complexity index is 609. The molecule has 0 spiro atoms. The largest absolute Gasteiger partial charge is 0.470 e. The number of benzene rings is 1. The number of hydrogen-bond acceptors (Lipinski definition) is 3. The molecule has 18 heavy (non-hydrogen) atoms. The lowest BCUT2D eigenvalue weighted by molar-refractivity contribution is 0.200. The summed E-state index contributed by atoms with van der Waals surface area (Å²) in [5, 5.41) is 0. The van der Waals surface area contributed by atoms with Gasteiger partial charge in [-0.25, -0.2) is 4.98 Å². The highest BCUT2D eigenvalue weighted by molar-refractivity contribution is 5.33. The molecule has 2 aromatic rings. The second kappa shape index (κ2) is 4.29. The van der Waals surface area contributed by atoms with Crippen molar-refractivity contribution < 1.29 is 4.74 Å². The van der Waals surface area contributed by atoms with Crippen molar-refractivity contribution >= 4 is 0 Å². The van der Waals surface area contributed by atoms with Crippen molar-refractivity contribution in [1.29, 1.82) is 0 Å². The molecule has 0 radical (unpaired) electrons. The van der Waals surface area contributed by atoms with Crippen LogP contribution in [0.25, 0.3) is 0 Å². The zero-order chi connectivity index (χ0) is 12.5. The summed E-state index contributed by atoms with van der Waals surface area (Å²) in [6, 6.07) is 8.27. The summed E-state index contributed by atoms with van der Waals surface area (Å²) < 4.78 is 7.20. The number of hydrogen-bond donors (Lipinski definition) is 0. The molecular weight excluding hydrogens is 228 g/mol. The number of nitrogens with zero attached hydrogens (tertiary/aromatic N) is 2. The Morgan fingerprint density at radius 1 is 1.28 bits per heavy atom. The van der Waals surface area contributed by atoms with E-state index in [1.165, 1.54) is 15.7 Å². The molecule has 92 valence electrons. The highest BCUT2D eigenvalue weighted by Gasteiger charge is 2.23. The van der Waals surface area contributed by atoms with Gasteiger partial charge in [0.15, 0.2) is 0 Å². The van der Waals surface area contributed by atoms with Gasteiger partial charge >= 0.3 is 5.56 Å². The number of rotatable bonds is 2. The number of aromatic nitrogens is 2. The van der Waals surface area contributed by atoms with Crippen molar-refractivity contribution in [3.05, 3.63) is 58.1 Å². The highest BCUT2D eigenvalue weighted by atomic mass is 16.5. The summed E-state index contributed by atoms with van der Waals surface area (Å²) in [5.74, 6) is 0.192. The lowest BCUT2D eigenvalue weighted by Gasteiger charge is -2.11. The number of fused-ring (bicyclic) bond motifs is 1. The summed E-state index contributed by atoms with van der Waals surface area (Å²) in [5.41, 5.74) is 2.42. The SMILES string of the molecule is Cn1ccnc(OC2Cc3ccccc3C2)c1=O. The molecule has 0 unspecified atom stereocenters. The van der Waals surface area contributed by atoms with Crippen LogP contribution in [0.3, 0.4) is 0 Å². The van der Waals surface area contributed by atoms with Crippen LogP contribution in [0.15, 0.2) is 41.5 Å². The van der Waals surface area contributed by atoms with Gasteiger partial charge in [-0.1, -0.05) is 24.3 Å². The number of aryl methyl sites for hydroxylation is 1. The quantitative estimate of drug-likeness (QED) is 0.798. The maximum Gasteiger partial charge on any atom is 0.313 e. The van der Waals surface area contributed by atoms with Gasteiger partial charge in [-0.05, 0) is 11.1 Å². The molecule has 4 heteroatoms. The van der Waals surface area contributed by atoms with Gasteiger partial charge in [0.25, 0.3) is 5.88 Å². The topological polar surface area (TPSA) is 44.1 Å². The summed E-state index contributed by atoms with van der Waals surface area (Å²) in [7, 11) is 1.69. The van der Waals surface area contributed by atoms with Crippen LogP contribution in [-0.4, -0.2) is 15.7 Å². The maximum absolute atomic E-state index is 11.8. The first kappa shape index (κ1) is 11.0. The van der Waals surface area contributed by atoms with Gasteiger partial charge in [0.2, 0.25) is 0 Å². The molecule has 0 aliphatic heterocycles. The molecule has 1 aromatic carbocycles. The summed E-state index contributed by atoms with van der Waals surface area (Å²) >= 11 is 0. The minimum absolute atomic E-state index is 0.0185. The van der Waals surface area contributed by atoms with Crippen molar-refractivity contribution in [3.8, 4) is 5.88 Å². The maximum atomic E-state index is 11.8. The van der Waals surface area contributed by atoms with Crippen molar-refractivity contribution in [2.24, 2.45) is 7.05 Å². The van der Waals surface area contributed by atoms with Crippen molar-refractivity contribution in [2.45, 2.75) is 18.9 Å². The van der Waals surface area contributed by atoms with Crippen LogP contribution in [-0.2, 0) is 19.9 Å². The molecule has 1 aromatic heterocycles. The van der Waals surface area contributed by atoms with Gasteiger partial charge in [0.05, 0.1) is 0 Å². The average molecular weight is 242 g/mol. The minimum Gasteiger partial charge on any atom is -0.470 e. The first-order valence-corrected chi connectivity index (χ1v) is 5.99. The smallest absolute Gasteiger partial charge is 0.313 e. The normalized spacial score (nSPS) is 14.5. The molecule has 0 atom stereocenters. The van der Waals surface area contributed by atoms with Crippen molar-refractivity contribution in [3.63, 3.8) is 0 Å². The van der Waals surface area contributed by atoms with Crippen LogP contribution in [0, 0.1) is 0 Å². The third-order valence-electron chi connectivity index (χ3n) is 3.28. The monoisotopic (exact) mass is 242 g/mol. The second-order valence-electron chi connectivity index (χ2n) is 4.57. The Morgan fingerprint density at radius 2 is 1.94 bits per heavy atom. The average Bonchev–Trinajstić information content (AvgIpc) is 2.77. The fourth-order valence-electron chi connectivity index (χ4n) is 2.32. The van der Waals surface area contributed by atoms with Crippen LogP contribution in [0.2, 0.25) is 0 Å². The van der Waals surface area contributed by atoms with E-state index in [1.807, 2.05) is 12.1 Å². The van der Waals surface area contributed by atoms with Gasteiger partial charge in [-0.3, -0.25) is 4.79 Å². The molecule has 0 N–H and O–H groups in total. The van der Waals surface area contributed by atoms with E-state index in [0.29, 0.717) is 0 Å². The predicted octanol–water partition coefficient (Wildman–Crippen LogP) is 1.33. The first-order valence-electron chi connectivity index (χ1n) is 5.99. The van der Waals surface area contributed by atoms with Gasteiger partial charge in [0, 0.05) is 32.3 Å². The summed E-state index contributed by atoms with van der Waals surface area (Å²) in [6.07, 6.45) is 4.91. The van der Waals surface area contributed by atoms with Gasteiger partial charge in [-0.15, -0.1) is 0 Å². The first-order chi connectivity index (χ1) is 8.74. The fourth-order valence-corrected chi connectivity index (χ4v) is 2.32. The predicted molar refractivity (Wildman–Crippen MR) is 67.7 cm³/mol. The van der Waals surface area contributed by atoms with Crippen LogP contribution in [0.5, 0.6) is 5.88 Å². The van der Waals surface area contributed by atoms with Crippen LogP contribution in [0.4, 0.5) is 0 Å². The molecule has 4 nitrogen and oxygen atoms in total. The Hall–Kier alpha value is -2.10. The molecule has 1 aliphatic carbocycles. The Kier molecular flexibility index (Phi) is 2.63. The fraction of sp³-hybridized carbons (Fsp3) is 0.286. The molecule has 3 rings (SSSR count). The van der Waals surface area contributed by atoms with Crippen molar-refractivity contribution in [1.82, 2.24) is 9.55 Å². The molecule has 0 amide bonds. The molecular formula is C14H14N2O2. The van der Waals surface area contributed by atoms with E-state index < -0.39 is 0 Å². The Balaban J connectivity index is 1.80. The van der Waals surface area contributed by atoms with E-state index in [1.54, 1.807) is 19.4 Å². The third kappa shape index (κ3) is 1.90. The molecule has 1 aliphatic rings. The van der Waals surface area contributed by atoms with Gasteiger partial charge in [-0.2, -0.15) is 0 Å². The molecule has 1 heterocycles. The minimum atomic E-state index is -0.187. The van der Waals surface area contributed by atoms with E-state index in [4.69, 9.17) is 4.74 Å². The Morgan fingerprint density at radius 3 is 2.61 bits per heavy atom. The van der Waals surface area contributed by atoms with E-state index in [-0.39, 0.29) is 17.5 Å². The molecule has 0 bridgehead atoms. The van der Waals surface area contributed by atoms with E-state index in [0.717, 1.165) is 12.8 Å². The number of ether oxygens (including phenoxy) is 1. The third-order valence-corrected chi connectivity index (χ3v) is 3.28. The van der Waals surface area contributed by atoms with E-state index >= 15 is 0 Å². The lowest BCUT2D eigenvalue weighted by Crippen LogP contribution is -2.25. The van der Waals surface area contributed by atoms with Crippen LogP contribution < -0.4 is 10.3 Å². The van der Waals surface area contributed by atoms with E-state index in [2.05, 4.69) is 17.1 Å². The second-order valence-corrected chi connectivity index (χ2v) is 4.57. The molecule has 0 saturated heterocycles.